The Hall–Kier alpha value is -2.69. The zero-order valence-corrected chi connectivity index (χ0v) is 14.0. The zero-order valence-electron chi connectivity index (χ0n) is 14.0. The Kier molecular flexibility index (Phi) is 4.60. The molecule has 0 saturated carbocycles. The molecular weight excluding hydrogens is 308 g/mol. The summed E-state index contributed by atoms with van der Waals surface area (Å²) in [5, 5.41) is 0. The van der Waals surface area contributed by atoms with Crippen LogP contribution in [0.3, 0.4) is 0 Å². The summed E-state index contributed by atoms with van der Waals surface area (Å²) in [7, 11) is 0. The Morgan fingerprint density at radius 1 is 1.12 bits per heavy atom. The van der Waals surface area contributed by atoms with Crippen molar-refractivity contribution in [1.29, 1.82) is 0 Å². The lowest BCUT2D eigenvalue weighted by Gasteiger charge is -2.14. The maximum Gasteiger partial charge on any atom is 0.349 e. The van der Waals surface area contributed by atoms with Gasteiger partial charge in [-0.3, -0.25) is 0 Å². The molecule has 24 heavy (non-hydrogen) atoms. The number of fused-ring (bicyclic) bond motifs is 1. The Labute approximate surface area is 141 Å². The number of carbonyl (C=O) groups excluding carboxylic acids is 1. The molecule has 1 heterocycles. The fraction of sp³-hybridized carbons (Fsp3) is 0.316. The van der Waals surface area contributed by atoms with Gasteiger partial charge in [0.2, 0.25) is 6.79 Å². The van der Waals surface area contributed by atoms with Gasteiger partial charge in [0.25, 0.3) is 0 Å². The number of aryl methyl sites for hydroxylation is 1. The van der Waals surface area contributed by atoms with Crippen molar-refractivity contribution in [1.82, 2.24) is 0 Å². The Bertz CT molecular complexity index is 751. The molecule has 5 heteroatoms. The molecule has 0 aliphatic carbocycles. The highest BCUT2D eigenvalue weighted by atomic mass is 16.7. The molecule has 5 nitrogen and oxygen atoms in total. The first-order valence-electron chi connectivity index (χ1n) is 7.86. The maximum atomic E-state index is 12.0. The molecule has 1 aliphatic heterocycles. The number of hydrogen-bond acceptors (Lipinski definition) is 5. The van der Waals surface area contributed by atoms with E-state index in [1.807, 2.05) is 25.1 Å². The second kappa shape index (κ2) is 6.83. The summed E-state index contributed by atoms with van der Waals surface area (Å²) in [4.78, 5) is 12.0. The van der Waals surface area contributed by atoms with Crippen LogP contribution in [0.4, 0.5) is 0 Å². The van der Waals surface area contributed by atoms with Crippen molar-refractivity contribution in [2.45, 2.75) is 26.7 Å². The van der Waals surface area contributed by atoms with E-state index in [1.165, 1.54) is 0 Å². The average molecular weight is 328 g/mol. The van der Waals surface area contributed by atoms with Gasteiger partial charge in [0.15, 0.2) is 18.1 Å². The molecule has 126 valence electrons. The van der Waals surface area contributed by atoms with Gasteiger partial charge >= 0.3 is 5.97 Å². The van der Waals surface area contributed by atoms with Gasteiger partial charge in [0, 0.05) is 6.07 Å². The van der Waals surface area contributed by atoms with E-state index in [0.29, 0.717) is 28.9 Å². The third-order valence-corrected chi connectivity index (χ3v) is 3.71. The minimum atomic E-state index is -0.468. The number of benzene rings is 2. The van der Waals surface area contributed by atoms with E-state index in [9.17, 15) is 4.79 Å². The normalized spacial score (nSPS) is 12.3. The van der Waals surface area contributed by atoms with Crippen LogP contribution < -0.4 is 18.9 Å². The van der Waals surface area contributed by atoms with Crippen LogP contribution in [0.1, 0.15) is 30.9 Å². The van der Waals surface area contributed by atoms with Crippen molar-refractivity contribution in [3.8, 4) is 23.0 Å². The minimum absolute atomic E-state index is 0.155. The minimum Gasteiger partial charge on any atom is -0.482 e. The van der Waals surface area contributed by atoms with Crippen LogP contribution in [0.15, 0.2) is 36.4 Å². The second-order valence-corrected chi connectivity index (χ2v) is 5.97. The lowest BCUT2D eigenvalue weighted by Crippen LogP contribution is -2.18. The van der Waals surface area contributed by atoms with Crippen molar-refractivity contribution in [2.24, 2.45) is 0 Å². The fourth-order valence-electron chi connectivity index (χ4n) is 2.48. The van der Waals surface area contributed by atoms with Gasteiger partial charge in [-0.25, -0.2) is 4.79 Å². The fourth-order valence-corrected chi connectivity index (χ4v) is 2.48. The highest BCUT2D eigenvalue weighted by Gasteiger charge is 2.16. The van der Waals surface area contributed by atoms with Crippen molar-refractivity contribution in [2.75, 3.05) is 13.4 Å². The summed E-state index contributed by atoms with van der Waals surface area (Å²) >= 11 is 0. The standard InChI is InChI=1S/C19H20O5/c1-12(2)15-6-4-13(3)8-17(15)21-10-19(20)24-14-5-7-16-18(9-14)23-11-22-16/h4-9,12H,10-11H2,1-3H3. The van der Waals surface area contributed by atoms with Crippen LogP contribution in [0.25, 0.3) is 0 Å². The van der Waals surface area contributed by atoms with Crippen molar-refractivity contribution < 1.29 is 23.7 Å². The molecule has 0 aromatic heterocycles. The number of carbonyl (C=O) groups is 1. The van der Waals surface area contributed by atoms with Gasteiger partial charge in [0.1, 0.15) is 11.5 Å². The van der Waals surface area contributed by atoms with Gasteiger partial charge in [-0.05, 0) is 42.2 Å². The molecule has 3 rings (SSSR count). The summed E-state index contributed by atoms with van der Waals surface area (Å²) in [5.74, 6) is 2.18. The first kappa shape index (κ1) is 16.2. The number of ether oxygens (including phenoxy) is 4. The Morgan fingerprint density at radius 2 is 1.92 bits per heavy atom. The van der Waals surface area contributed by atoms with E-state index in [-0.39, 0.29) is 13.4 Å². The van der Waals surface area contributed by atoms with Gasteiger partial charge in [-0.15, -0.1) is 0 Å². The highest BCUT2D eigenvalue weighted by molar-refractivity contribution is 5.74. The molecular formula is C19H20O5. The van der Waals surface area contributed by atoms with E-state index in [0.717, 1.165) is 11.1 Å². The largest absolute Gasteiger partial charge is 0.482 e. The monoisotopic (exact) mass is 328 g/mol. The highest BCUT2D eigenvalue weighted by Crippen LogP contribution is 2.35. The zero-order chi connectivity index (χ0) is 17.1. The lowest BCUT2D eigenvalue weighted by molar-refractivity contribution is -0.136. The predicted molar refractivity (Wildman–Crippen MR) is 89.0 cm³/mol. The Balaban J connectivity index is 1.63. The van der Waals surface area contributed by atoms with E-state index in [4.69, 9.17) is 18.9 Å². The molecule has 0 radical (unpaired) electrons. The number of esters is 1. The average Bonchev–Trinajstić information content (AvgIpc) is 3.00. The summed E-state index contributed by atoms with van der Waals surface area (Å²) in [6.45, 7) is 6.19. The molecule has 0 atom stereocenters. The van der Waals surface area contributed by atoms with E-state index in [1.54, 1.807) is 18.2 Å². The van der Waals surface area contributed by atoms with Gasteiger partial charge in [0.05, 0.1) is 0 Å². The van der Waals surface area contributed by atoms with Gasteiger partial charge < -0.3 is 18.9 Å². The predicted octanol–water partition coefficient (Wildman–Crippen LogP) is 3.83. The van der Waals surface area contributed by atoms with Crippen LogP contribution in [-0.2, 0) is 4.79 Å². The maximum absolute atomic E-state index is 12.0. The van der Waals surface area contributed by atoms with E-state index in [2.05, 4.69) is 13.8 Å². The van der Waals surface area contributed by atoms with Gasteiger partial charge in [-0.1, -0.05) is 26.0 Å². The molecule has 1 aliphatic rings. The summed E-state index contributed by atoms with van der Waals surface area (Å²) < 4.78 is 21.5. The molecule has 0 N–H and O–H groups in total. The first-order chi connectivity index (χ1) is 11.5. The van der Waals surface area contributed by atoms with Crippen LogP contribution in [-0.4, -0.2) is 19.4 Å². The van der Waals surface area contributed by atoms with Crippen molar-refractivity contribution in [3.63, 3.8) is 0 Å². The summed E-state index contributed by atoms with van der Waals surface area (Å²) in [6.07, 6.45) is 0. The topological polar surface area (TPSA) is 54.0 Å². The quantitative estimate of drug-likeness (QED) is 0.617. The Morgan fingerprint density at radius 3 is 2.71 bits per heavy atom. The van der Waals surface area contributed by atoms with E-state index >= 15 is 0 Å². The van der Waals surface area contributed by atoms with Crippen molar-refractivity contribution >= 4 is 5.97 Å². The number of rotatable bonds is 5. The van der Waals surface area contributed by atoms with Crippen LogP contribution in [0, 0.1) is 6.92 Å². The van der Waals surface area contributed by atoms with E-state index < -0.39 is 5.97 Å². The SMILES string of the molecule is Cc1ccc(C(C)C)c(OCC(=O)Oc2ccc3c(c2)OCO3)c1. The molecule has 2 aromatic carbocycles. The first-order valence-corrected chi connectivity index (χ1v) is 7.86. The molecule has 0 bridgehead atoms. The third kappa shape index (κ3) is 3.62. The van der Waals surface area contributed by atoms with Gasteiger partial charge in [-0.2, -0.15) is 0 Å². The number of hydrogen-bond donors (Lipinski definition) is 0. The molecule has 0 fully saturated rings. The van der Waals surface area contributed by atoms with Crippen LogP contribution in [0.2, 0.25) is 0 Å². The second-order valence-electron chi connectivity index (χ2n) is 5.97. The smallest absolute Gasteiger partial charge is 0.349 e. The molecule has 0 unspecified atom stereocenters. The van der Waals surface area contributed by atoms with Crippen LogP contribution in [0.5, 0.6) is 23.0 Å². The molecule has 0 amide bonds. The molecule has 2 aromatic rings. The summed E-state index contributed by atoms with van der Waals surface area (Å²) in [6, 6.07) is 11.0. The molecule has 0 saturated heterocycles. The lowest BCUT2D eigenvalue weighted by atomic mass is 10.0. The third-order valence-electron chi connectivity index (χ3n) is 3.71. The summed E-state index contributed by atoms with van der Waals surface area (Å²) in [5.41, 5.74) is 2.15. The van der Waals surface area contributed by atoms with Crippen molar-refractivity contribution in [3.05, 3.63) is 47.5 Å². The van der Waals surface area contributed by atoms with Crippen LogP contribution >= 0.6 is 0 Å². The molecule has 0 spiro atoms.